The van der Waals surface area contributed by atoms with Gasteiger partial charge in [0.05, 0.1) is 6.04 Å². The molecule has 0 unspecified atom stereocenters. The lowest BCUT2D eigenvalue weighted by Gasteiger charge is -2.50. The first-order chi connectivity index (χ1) is 18.1. The zero-order valence-electron chi connectivity index (χ0n) is 23.7. The van der Waals surface area contributed by atoms with Gasteiger partial charge < -0.3 is 24.2 Å². The Balaban J connectivity index is 1.22. The van der Waals surface area contributed by atoms with E-state index in [-0.39, 0.29) is 35.8 Å². The van der Waals surface area contributed by atoms with Crippen LogP contribution in [0.25, 0.3) is 0 Å². The molecule has 0 spiro atoms. The number of urea groups is 1. The molecule has 0 radical (unpaired) electrons. The molecule has 1 atom stereocenters. The molecule has 1 aromatic carbocycles. The number of carbonyl (C=O) groups excluding carboxylic acids is 2. The fourth-order valence-corrected chi connectivity index (χ4v) is 6.79. The Hall–Kier alpha value is -2.32. The SMILES string of the molecule is CC(C)(C)OC(=O)N1CCC(C)(N2CCC(N3C(=O)N(C4CCOCC4)C[C@H]3c3ccccc3)CC2)CC1. The molecule has 0 bridgehead atoms. The summed E-state index contributed by atoms with van der Waals surface area (Å²) in [6.45, 7) is 13.8. The zero-order chi connectivity index (χ0) is 26.9. The number of hydrogen-bond donors (Lipinski definition) is 0. The molecule has 4 fully saturated rings. The van der Waals surface area contributed by atoms with E-state index in [2.05, 4.69) is 45.9 Å². The molecule has 0 aromatic heterocycles. The van der Waals surface area contributed by atoms with E-state index in [0.29, 0.717) is 0 Å². The molecule has 0 N–H and O–H groups in total. The van der Waals surface area contributed by atoms with Gasteiger partial charge in [-0.2, -0.15) is 0 Å². The van der Waals surface area contributed by atoms with Crippen molar-refractivity contribution < 1.29 is 19.1 Å². The first-order valence-corrected chi connectivity index (χ1v) is 14.6. The smallest absolute Gasteiger partial charge is 0.410 e. The molecule has 3 amide bonds. The quantitative estimate of drug-likeness (QED) is 0.559. The lowest BCUT2D eigenvalue weighted by molar-refractivity contribution is -0.0135. The Morgan fingerprint density at radius 1 is 0.947 bits per heavy atom. The number of carbonyl (C=O) groups is 2. The second kappa shape index (κ2) is 11.0. The van der Waals surface area contributed by atoms with Crippen LogP contribution >= 0.6 is 0 Å². The van der Waals surface area contributed by atoms with Gasteiger partial charge in [-0.1, -0.05) is 30.3 Å². The third kappa shape index (κ3) is 5.81. The lowest BCUT2D eigenvalue weighted by atomic mass is 9.85. The van der Waals surface area contributed by atoms with Gasteiger partial charge in [0.1, 0.15) is 5.60 Å². The summed E-state index contributed by atoms with van der Waals surface area (Å²) >= 11 is 0. The largest absolute Gasteiger partial charge is 0.444 e. The number of likely N-dealkylation sites (tertiary alicyclic amines) is 2. The van der Waals surface area contributed by atoms with Crippen molar-refractivity contribution in [2.24, 2.45) is 0 Å². The Morgan fingerprint density at radius 3 is 2.18 bits per heavy atom. The third-order valence-electron chi connectivity index (χ3n) is 9.10. The third-order valence-corrected chi connectivity index (χ3v) is 9.10. The maximum Gasteiger partial charge on any atom is 0.410 e. The van der Waals surface area contributed by atoms with Gasteiger partial charge in [-0.15, -0.1) is 0 Å². The second-order valence-corrected chi connectivity index (χ2v) is 12.8. The average Bonchev–Trinajstić information content (AvgIpc) is 3.26. The van der Waals surface area contributed by atoms with Crippen molar-refractivity contribution in [2.45, 2.75) is 95.5 Å². The highest BCUT2D eigenvalue weighted by molar-refractivity contribution is 5.78. The van der Waals surface area contributed by atoms with Crippen LogP contribution in [0.1, 0.15) is 77.8 Å². The zero-order valence-corrected chi connectivity index (χ0v) is 23.7. The standard InChI is InChI=1S/C30H46N4O4/c1-29(2,3)38-28(36)31-18-14-30(4,15-19-31)32-16-10-25(11-17-32)34-26(23-8-6-5-7-9-23)22-33(27(34)35)24-12-20-37-21-13-24/h5-9,24-26H,10-22H2,1-4H3/t26-/m0/s1. The van der Waals surface area contributed by atoms with Crippen molar-refractivity contribution in [3.8, 4) is 0 Å². The molecular formula is C30H46N4O4. The minimum atomic E-state index is -0.468. The summed E-state index contributed by atoms with van der Waals surface area (Å²) in [6.07, 6.45) is 5.53. The van der Waals surface area contributed by atoms with E-state index < -0.39 is 5.60 Å². The molecular weight excluding hydrogens is 480 g/mol. The molecule has 8 heteroatoms. The van der Waals surface area contributed by atoms with Gasteiger partial charge >= 0.3 is 12.1 Å². The van der Waals surface area contributed by atoms with Crippen molar-refractivity contribution in [1.82, 2.24) is 19.6 Å². The van der Waals surface area contributed by atoms with Gasteiger partial charge in [-0.05, 0) is 71.8 Å². The number of nitrogens with zero attached hydrogens (tertiary/aromatic N) is 4. The summed E-state index contributed by atoms with van der Waals surface area (Å²) in [5.41, 5.74) is 0.843. The Kier molecular flexibility index (Phi) is 7.92. The van der Waals surface area contributed by atoms with Crippen LogP contribution in [0.2, 0.25) is 0 Å². The van der Waals surface area contributed by atoms with E-state index in [9.17, 15) is 9.59 Å². The van der Waals surface area contributed by atoms with E-state index in [1.165, 1.54) is 5.56 Å². The van der Waals surface area contributed by atoms with Crippen LogP contribution in [0.15, 0.2) is 30.3 Å². The molecule has 4 saturated heterocycles. The molecule has 1 aromatic rings. The predicted octanol–water partition coefficient (Wildman–Crippen LogP) is 4.90. The molecule has 0 aliphatic carbocycles. The second-order valence-electron chi connectivity index (χ2n) is 12.8. The van der Waals surface area contributed by atoms with Crippen LogP contribution in [-0.2, 0) is 9.47 Å². The monoisotopic (exact) mass is 526 g/mol. The molecule has 4 heterocycles. The highest BCUT2D eigenvalue weighted by atomic mass is 16.6. The Morgan fingerprint density at radius 2 is 1.58 bits per heavy atom. The molecule has 8 nitrogen and oxygen atoms in total. The first kappa shape index (κ1) is 27.3. The van der Waals surface area contributed by atoms with Gasteiger partial charge in [-0.3, -0.25) is 4.90 Å². The van der Waals surface area contributed by atoms with Gasteiger partial charge in [-0.25, -0.2) is 9.59 Å². The van der Waals surface area contributed by atoms with Crippen molar-refractivity contribution in [2.75, 3.05) is 45.9 Å². The number of rotatable bonds is 4. The summed E-state index contributed by atoms with van der Waals surface area (Å²) in [5, 5.41) is 0. The molecule has 38 heavy (non-hydrogen) atoms. The van der Waals surface area contributed by atoms with Crippen molar-refractivity contribution in [1.29, 1.82) is 0 Å². The van der Waals surface area contributed by atoms with E-state index in [1.54, 1.807) is 0 Å². The maximum absolute atomic E-state index is 13.9. The molecule has 0 saturated carbocycles. The van der Waals surface area contributed by atoms with Crippen LogP contribution in [0.5, 0.6) is 0 Å². The molecule has 210 valence electrons. The highest BCUT2D eigenvalue weighted by Gasteiger charge is 2.47. The highest BCUT2D eigenvalue weighted by Crippen LogP contribution is 2.39. The summed E-state index contributed by atoms with van der Waals surface area (Å²) < 4.78 is 11.2. The summed E-state index contributed by atoms with van der Waals surface area (Å²) in [4.78, 5) is 35.3. The van der Waals surface area contributed by atoms with Gasteiger partial charge in [0.25, 0.3) is 0 Å². The average molecular weight is 527 g/mol. The first-order valence-electron chi connectivity index (χ1n) is 14.6. The molecule has 4 aliphatic heterocycles. The van der Waals surface area contributed by atoms with E-state index in [1.807, 2.05) is 31.7 Å². The molecule has 5 rings (SSSR count). The van der Waals surface area contributed by atoms with Gasteiger partial charge in [0.15, 0.2) is 0 Å². The van der Waals surface area contributed by atoms with E-state index in [0.717, 1.165) is 84.5 Å². The summed E-state index contributed by atoms with van der Waals surface area (Å²) in [5.74, 6) is 0. The van der Waals surface area contributed by atoms with Crippen LogP contribution in [0.4, 0.5) is 9.59 Å². The van der Waals surface area contributed by atoms with Gasteiger partial charge in [0.2, 0.25) is 0 Å². The van der Waals surface area contributed by atoms with E-state index in [4.69, 9.17) is 9.47 Å². The number of benzene rings is 1. The van der Waals surface area contributed by atoms with Crippen LogP contribution in [0, 0.1) is 0 Å². The number of ether oxygens (including phenoxy) is 2. The summed E-state index contributed by atoms with van der Waals surface area (Å²) in [6, 6.07) is 11.4. The number of hydrogen-bond acceptors (Lipinski definition) is 5. The van der Waals surface area contributed by atoms with Crippen LogP contribution in [0.3, 0.4) is 0 Å². The molecule has 4 aliphatic rings. The number of amides is 3. The van der Waals surface area contributed by atoms with Crippen LogP contribution in [-0.4, -0.2) is 101 Å². The van der Waals surface area contributed by atoms with Crippen molar-refractivity contribution >= 4 is 12.1 Å². The Labute approximate surface area is 228 Å². The normalized spacial score (nSPS) is 26.2. The number of piperidine rings is 2. The Bertz CT molecular complexity index is 958. The lowest BCUT2D eigenvalue weighted by Crippen LogP contribution is -2.58. The minimum Gasteiger partial charge on any atom is -0.444 e. The van der Waals surface area contributed by atoms with Crippen molar-refractivity contribution in [3.05, 3.63) is 35.9 Å². The topological polar surface area (TPSA) is 65.6 Å². The minimum absolute atomic E-state index is 0.0749. The van der Waals surface area contributed by atoms with Crippen LogP contribution < -0.4 is 0 Å². The fourth-order valence-electron chi connectivity index (χ4n) is 6.79. The van der Waals surface area contributed by atoms with Gasteiger partial charge in [0, 0.05) is 63.6 Å². The fraction of sp³-hybridized carbons (Fsp3) is 0.733. The maximum atomic E-state index is 13.9. The summed E-state index contributed by atoms with van der Waals surface area (Å²) in [7, 11) is 0. The van der Waals surface area contributed by atoms with Crippen molar-refractivity contribution in [3.63, 3.8) is 0 Å². The van der Waals surface area contributed by atoms with E-state index >= 15 is 0 Å². The predicted molar refractivity (Wildman–Crippen MR) is 147 cm³/mol.